The van der Waals surface area contributed by atoms with Crippen LogP contribution in [0, 0.1) is 6.07 Å². The highest BCUT2D eigenvalue weighted by Gasteiger charge is 2.82. The van der Waals surface area contributed by atoms with Crippen LogP contribution in [0.1, 0.15) is 22.3 Å². The zero-order valence-corrected chi connectivity index (χ0v) is 16.4. The second kappa shape index (κ2) is 8.07. The predicted octanol–water partition coefficient (Wildman–Crippen LogP) is 8.36. The van der Waals surface area contributed by atoms with Gasteiger partial charge in [-0.05, 0) is 11.6 Å². The van der Waals surface area contributed by atoms with Crippen LogP contribution in [-0.4, -0.2) is 22.1 Å². The SMILES string of the molecule is FC(F)(F)c1[c]c(C(F)(F)F)c(CC(Cl)(Cl)Cl)c(C(F)(C(F)(F)F)C(F)(F)C(F)(F)F)c1. The van der Waals surface area contributed by atoms with Crippen molar-refractivity contribution in [1.82, 2.24) is 0 Å². The number of alkyl halides is 18. The second-order valence-electron chi connectivity index (χ2n) is 5.97. The first-order valence-corrected chi connectivity index (χ1v) is 8.32. The summed E-state index contributed by atoms with van der Waals surface area (Å²) in [5, 5.41) is 0. The maximum Gasteiger partial charge on any atom is 0.457 e. The molecule has 32 heavy (non-hydrogen) atoms. The molecule has 0 aromatic heterocycles. The monoisotopic (exact) mass is 561 g/mol. The van der Waals surface area contributed by atoms with Gasteiger partial charge in [0.15, 0.2) is 3.79 Å². The summed E-state index contributed by atoms with van der Waals surface area (Å²) in [6.07, 6.45) is -29.3. The van der Waals surface area contributed by atoms with Gasteiger partial charge >= 0.3 is 36.3 Å². The number of halogens is 18. The Labute approximate surface area is 182 Å². The van der Waals surface area contributed by atoms with Crippen LogP contribution >= 0.6 is 34.8 Å². The fourth-order valence-corrected chi connectivity index (χ4v) is 2.79. The normalized spacial score (nSPS) is 16.8. The largest absolute Gasteiger partial charge is 0.457 e. The van der Waals surface area contributed by atoms with E-state index in [2.05, 4.69) is 0 Å². The van der Waals surface area contributed by atoms with Crippen molar-refractivity contribution in [3.05, 3.63) is 34.4 Å². The minimum Gasteiger partial charge on any atom is -0.221 e. The summed E-state index contributed by atoms with van der Waals surface area (Å²) >= 11 is 15.2. The summed E-state index contributed by atoms with van der Waals surface area (Å²) in [7, 11) is 0. The lowest BCUT2D eigenvalue weighted by Gasteiger charge is -2.38. The summed E-state index contributed by atoms with van der Waals surface area (Å²) in [6.45, 7) is 0. The van der Waals surface area contributed by atoms with E-state index in [9.17, 15) is 65.9 Å². The summed E-state index contributed by atoms with van der Waals surface area (Å²) in [6, 6.07) is -0.842. The first kappa shape index (κ1) is 29.1. The van der Waals surface area contributed by atoms with E-state index in [0.29, 0.717) is 6.07 Å². The Kier molecular flexibility index (Phi) is 7.33. The lowest BCUT2D eigenvalue weighted by Crippen LogP contribution is -2.60. The van der Waals surface area contributed by atoms with Crippen molar-refractivity contribution in [2.75, 3.05) is 0 Å². The molecule has 0 fully saturated rings. The Balaban J connectivity index is 4.40. The van der Waals surface area contributed by atoms with Gasteiger partial charge in [-0.15, -0.1) is 0 Å². The molecule has 0 bridgehead atoms. The van der Waals surface area contributed by atoms with Crippen molar-refractivity contribution in [3.63, 3.8) is 0 Å². The highest BCUT2D eigenvalue weighted by molar-refractivity contribution is 6.67. The van der Waals surface area contributed by atoms with Gasteiger partial charge in [-0.1, -0.05) is 34.8 Å². The molecule has 1 aromatic carbocycles. The average molecular weight is 563 g/mol. The molecule has 0 aliphatic heterocycles. The lowest BCUT2D eigenvalue weighted by atomic mass is 9.80. The molecule has 1 unspecified atom stereocenters. The van der Waals surface area contributed by atoms with Gasteiger partial charge in [0, 0.05) is 18.1 Å². The van der Waals surface area contributed by atoms with E-state index >= 15 is 0 Å². The maximum absolute atomic E-state index is 14.8. The molecular weight excluding hydrogens is 559 g/mol. The van der Waals surface area contributed by atoms with Gasteiger partial charge in [-0.3, -0.25) is 0 Å². The van der Waals surface area contributed by atoms with Crippen LogP contribution in [0.15, 0.2) is 6.07 Å². The van der Waals surface area contributed by atoms with Crippen molar-refractivity contribution in [2.24, 2.45) is 0 Å². The van der Waals surface area contributed by atoms with E-state index in [0.717, 1.165) is 0 Å². The number of rotatable bonds is 3. The van der Waals surface area contributed by atoms with Crippen molar-refractivity contribution < 1.29 is 65.9 Å². The van der Waals surface area contributed by atoms with Crippen molar-refractivity contribution in [1.29, 1.82) is 0 Å². The molecule has 1 atom stereocenters. The van der Waals surface area contributed by atoms with E-state index in [4.69, 9.17) is 34.8 Å². The van der Waals surface area contributed by atoms with Crippen LogP contribution in [0.5, 0.6) is 0 Å². The Morgan fingerprint density at radius 1 is 0.656 bits per heavy atom. The molecule has 1 aromatic rings. The molecule has 0 spiro atoms. The molecule has 0 amide bonds. The number of hydrogen-bond donors (Lipinski definition) is 0. The zero-order valence-electron chi connectivity index (χ0n) is 14.1. The summed E-state index contributed by atoms with van der Waals surface area (Å²) in [5.41, 5.74) is -19.1. The maximum atomic E-state index is 14.8. The van der Waals surface area contributed by atoms with Crippen molar-refractivity contribution >= 4 is 34.8 Å². The number of benzene rings is 1. The highest BCUT2D eigenvalue weighted by atomic mass is 35.6. The van der Waals surface area contributed by atoms with Gasteiger partial charge in [0.05, 0.1) is 11.1 Å². The molecule has 1 radical (unpaired) electrons. The summed E-state index contributed by atoms with van der Waals surface area (Å²) in [4.78, 5) is 0. The first-order chi connectivity index (χ1) is 13.7. The third kappa shape index (κ3) is 5.40. The van der Waals surface area contributed by atoms with Gasteiger partial charge in [-0.2, -0.15) is 61.5 Å². The minimum atomic E-state index is -7.59. The van der Waals surface area contributed by atoms with Crippen LogP contribution in [0.2, 0.25) is 0 Å². The second-order valence-corrected chi connectivity index (χ2v) is 8.48. The molecule has 0 aliphatic carbocycles. The van der Waals surface area contributed by atoms with Crippen molar-refractivity contribution in [3.8, 4) is 0 Å². The third-order valence-electron chi connectivity index (χ3n) is 3.69. The molecule has 0 aliphatic rings. The van der Waals surface area contributed by atoms with Crippen LogP contribution in [0.4, 0.5) is 65.9 Å². The van der Waals surface area contributed by atoms with Crippen LogP contribution in [0.25, 0.3) is 0 Å². The van der Waals surface area contributed by atoms with Crippen LogP contribution < -0.4 is 0 Å². The van der Waals surface area contributed by atoms with E-state index in [-0.39, 0.29) is 0 Å². The quantitative estimate of drug-likeness (QED) is 0.257. The fourth-order valence-electron chi connectivity index (χ4n) is 2.39. The van der Waals surface area contributed by atoms with Crippen LogP contribution in [0.3, 0.4) is 0 Å². The van der Waals surface area contributed by atoms with Gasteiger partial charge in [0.2, 0.25) is 0 Å². The van der Waals surface area contributed by atoms with Gasteiger partial charge in [0.1, 0.15) is 0 Å². The Hall–Kier alpha value is -0.960. The molecule has 18 heteroatoms. The van der Waals surface area contributed by atoms with Gasteiger partial charge in [0.25, 0.3) is 0 Å². The zero-order chi connectivity index (χ0) is 25.9. The Morgan fingerprint density at radius 3 is 1.38 bits per heavy atom. The van der Waals surface area contributed by atoms with E-state index in [1.807, 2.05) is 0 Å². The number of hydrogen-bond acceptors (Lipinski definition) is 0. The van der Waals surface area contributed by atoms with Gasteiger partial charge in [-0.25, -0.2) is 4.39 Å². The van der Waals surface area contributed by atoms with Crippen LogP contribution in [-0.2, 0) is 24.4 Å². The first-order valence-electron chi connectivity index (χ1n) is 7.19. The molecule has 0 saturated heterocycles. The summed E-state index contributed by atoms with van der Waals surface area (Å²) < 4.78 is 195. The molecule has 0 heterocycles. The Morgan fingerprint density at radius 2 is 1.09 bits per heavy atom. The predicted molar refractivity (Wildman–Crippen MR) is 79.1 cm³/mol. The third-order valence-corrected chi connectivity index (χ3v) is 4.09. The molecular formula is C14H3Cl3F15. The highest BCUT2D eigenvalue weighted by Crippen LogP contribution is 2.60. The smallest absolute Gasteiger partial charge is 0.221 e. The van der Waals surface area contributed by atoms with E-state index in [1.54, 1.807) is 0 Å². The topological polar surface area (TPSA) is 0 Å². The molecule has 0 nitrogen and oxygen atoms in total. The Bertz CT molecular complexity index is 842. The van der Waals surface area contributed by atoms with Gasteiger partial charge < -0.3 is 0 Å². The van der Waals surface area contributed by atoms with E-state index in [1.165, 1.54) is 0 Å². The lowest BCUT2D eigenvalue weighted by molar-refractivity contribution is -0.389. The fraction of sp³-hybridized carbons (Fsp3) is 0.571. The molecule has 1 rings (SSSR count). The summed E-state index contributed by atoms with van der Waals surface area (Å²) in [5.74, 6) is -7.59. The van der Waals surface area contributed by atoms with E-state index < -0.39 is 74.8 Å². The molecule has 0 saturated carbocycles. The molecule has 0 N–H and O–H groups in total. The average Bonchev–Trinajstić information content (AvgIpc) is 2.48. The molecule has 185 valence electrons. The van der Waals surface area contributed by atoms with Crippen molar-refractivity contribution in [2.45, 2.75) is 46.5 Å². The minimum absolute atomic E-state index is 0.484. The standard InChI is InChI=1S/C14H3Cl3F15/c15-8(16,17)3-5-6(1-4(10(19,20)21)2-7(5)11(22,23)24)9(18,13(27,28)29)12(25,26)14(30,31)32/h1H,3H2.